The molecular formula is C36H26N2O4. The number of nitrogens with zero attached hydrogens (tertiary/aromatic N) is 2. The van der Waals surface area contributed by atoms with E-state index in [2.05, 4.69) is 12.1 Å². The highest BCUT2D eigenvalue weighted by molar-refractivity contribution is 6.24. The zero-order valence-corrected chi connectivity index (χ0v) is 23.2. The molecule has 2 spiro atoms. The second kappa shape index (κ2) is 7.51. The van der Waals surface area contributed by atoms with Gasteiger partial charge in [0, 0.05) is 36.1 Å². The lowest BCUT2D eigenvalue weighted by molar-refractivity contribution is -0.146. The lowest BCUT2D eigenvalue weighted by Crippen LogP contribution is -2.74. The summed E-state index contributed by atoms with van der Waals surface area (Å²) in [6.45, 7) is 3.92. The monoisotopic (exact) mass is 550 g/mol. The highest BCUT2D eigenvalue weighted by Gasteiger charge is 2.76. The summed E-state index contributed by atoms with van der Waals surface area (Å²) >= 11 is 0. The van der Waals surface area contributed by atoms with Crippen LogP contribution < -0.4 is 0 Å². The molecule has 4 aromatic rings. The number of carbonyl (C=O) groups excluding carboxylic acids is 4. The smallest absolute Gasteiger partial charge is 0.260 e. The number of imide groups is 2. The first kappa shape index (κ1) is 23.8. The van der Waals surface area contributed by atoms with Crippen LogP contribution in [-0.2, 0) is 20.4 Å². The molecule has 0 aromatic heterocycles. The zero-order valence-electron chi connectivity index (χ0n) is 23.2. The Balaban J connectivity index is 1.65. The Morgan fingerprint density at radius 1 is 0.524 bits per heavy atom. The van der Waals surface area contributed by atoms with Crippen molar-refractivity contribution >= 4 is 23.6 Å². The van der Waals surface area contributed by atoms with Gasteiger partial charge in [0.05, 0.1) is 0 Å². The Morgan fingerprint density at radius 3 is 1.31 bits per heavy atom. The van der Waals surface area contributed by atoms with Crippen molar-refractivity contribution in [2.75, 3.05) is 13.1 Å². The van der Waals surface area contributed by atoms with Gasteiger partial charge < -0.3 is 0 Å². The van der Waals surface area contributed by atoms with Gasteiger partial charge >= 0.3 is 0 Å². The molecule has 6 nitrogen and oxygen atoms in total. The van der Waals surface area contributed by atoms with Crippen molar-refractivity contribution < 1.29 is 19.2 Å². The molecule has 0 N–H and O–H groups in total. The Bertz CT molecular complexity index is 1850. The first-order valence-electron chi connectivity index (χ1n) is 14.6. The number of amides is 4. The van der Waals surface area contributed by atoms with E-state index in [1.807, 2.05) is 60.7 Å². The minimum Gasteiger partial charge on any atom is -0.278 e. The van der Waals surface area contributed by atoms with Crippen LogP contribution in [-0.4, -0.2) is 46.5 Å². The van der Waals surface area contributed by atoms with Crippen LogP contribution in [0, 0.1) is 0 Å². The molecule has 8 aliphatic rings. The minimum atomic E-state index is -1.60. The van der Waals surface area contributed by atoms with E-state index in [0.717, 1.165) is 33.4 Å². The second-order valence-corrected chi connectivity index (χ2v) is 11.9. The van der Waals surface area contributed by atoms with Gasteiger partial charge in [0.15, 0.2) is 0 Å². The maximum Gasteiger partial charge on any atom is 0.260 e. The van der Waals surface area contributed by atoms with Crippen molar-refractivity contribution in [1.82, 2.24) is 9.80 Å². The summed E-state index contributed by atoms with van der Waals surface area (Å²) in [7, 11) is 0. The van der Waals surface area contributed by atoms with Gasteiger partial charge in [-0.05, 0) is 70.5 Å². The number of hydrogen-bond donors (Lipinski definition) is 0. The molecule has 0 fully saturated rings. The molecule has 0 unspecified atom stereocenters. The lowest BCUT2D eigenvalue weighted by atomic mass is 9.38. The molecule has 6 heteroatoms. The highest BCUT2D eigenvalue weighted by Crippen LogP contribution is 2.71. The third-order valence-corrected chi connectivity index (χ3v) is 10.6. The molecule has 0 saturated carbocycles. The standard InChI is InChI=1S/C36H26N2O4/c1-3-37-31(39)23-15-9-13-21-27-19-11-5-7-17-25(19)35(29(21)23,33(37)41)36-26-18-8-6-12-20(26)28(27)22-14-10-16-24(30(22)36)32(40)38(4-2)34(36)42/h5-18,27-28H,3-4H2,1-2H3/t27-,28+,35+,36-. The van der Waals surface area contributed by atoms with E-state index < -0.39 is 22.6 Å². The first-order chi connectivity index (χ1) is 20.5. The van der Waals surface area contributed by atoms with Gasteiger partial charge in [-0.2, -0.15) is 0 Å². The first-order valence-corrected chi connectivity index (χ1v) is 14.6. The summed E-state index contributed by atoms with van der Waals surface area (Å²) in [4.78, 5) is 61.8. The third-order valence-electron chi connectivity index (χ3n) is 10.6. The van der Waals surface area contributed by atoms with Gasteiger partial charge in [-0.1, -0.05) is 72.8 Å². The van der Waals surface area contributed by atoms with E-state index in [0.29, 0.717) is 22.3 Å². The van der Waals surface area contributed by atoms with E-state index >= 15 is 9.59 Å². The van der Waals surface area contributed by atoms with Crippen LogP contribution in [0.4, 0.5) is 0 Å². The van der Waals surface area contributed by atoms with Crippen molar-refractivity contribution in [3.05, 3.63) is 141 Å². The normalized spacial score (nSPS) is 27.3. The predicted octanol–water partition coefficient (Wildman–Crippen LogP) is 4.87. The van der Waals surface area contributed by atoms with E-state index in [9.17, 15) is 9.59 Å². The fourth-order valence-electron chi connectivity index (χ4n) is 9.39. The summed E-state index contributed by atoms with van der Waals surface area (Å²) < 4.78 is 0. The van der Waals surface area contributed by atoms with E-state index in [-0.39, 0.29) is 36.7 Å². The van der Waals surface area contributed by atoms with Crippen molar-refractivity contribution in [1.29, 1.82) is 0 Å². The van der Waals surface area contributed by atoms with Gasteiger partial charge in [0.2, 0.25) is 11.8 Å². The lowest BCUT2D eigenvalue weighted by Gasteiger charge is -2.63. The van der Waals surface area contributed by atoms with Crippen LogP contribution in [0.3, 0.4) is 0 Å². The Labute approximate surface area is 242 Å². The fraction of sp³-hybridized carbons (Fsp3) is 0.222. The predicted molar refractivity (Wildman–Crippen MR) is 154 cm³/mol. The molecule has 4 atom stereocenters. The number of benzene rings is 4. The summed E-state index contributed by atoms with van der Waals surface area (Å²) in [5, 5.41) is 0. The number of likely N-dealkylation sites (N-methyl/N-ethyl adjacent to an activating group) is 2. The molecule has 4 aromatic carbocycles. The van der Waals surface area contributed by atoms with Crippen LogP contribution in [0.5, 0.6) is 0 Å². The second-order valence-electron chi connectivity index (χ2n) is 11.9. The zero-order chi connectivity index (χ0) is 28.7. The summed E-state index contributed by atoms with van der Waals surface area (Å²) in [5.41, 5.74) is 4.28. The number of carbonyl (C=O) groups is 4. The van der Waals surface area contributed by atoms with Gasteiger partial charge in [-0.3, -0.25) is 29.0 Å². The molecule has 6 aliphatic carbocycles. The fourth-order valence-corrected chi connectivity index (χ4v) is 9.39. The topological polar surface area (TPSA) is 74.8 Å². The van der Waals surface area contributed by atoms with Crippen LogP contribution in [0.15, 0.2) is 84.9 Å². The maximum absolute atomic E-state index is 15.5. The van der Waals surface area contributed by atoms with Gasteiger partial charge in [-0.25, -0.2) is 0 Å². The molecule has 2 heterocycles. The van der Waals surface area contributed by atoms with E-state index in [4.69, 9.17) is 0 Å². The molecule has 0 saturated heterocycles. The van der Waals surface area contributed by atoms with Gasteiger partial charge in [-0.15, -0.1) is 0 Å². The molecule has 12 rings (SSSR count). The van der Waals surface area contributed by atoms with Gasteiger partial charge in [0.25, 0.3) is 11.8 Å². The minimum absolute atomic E-state index is 0.161. The maximum atomic E-state index is 15.5. The van der Waals surface area contributed by atoms with Crippen molar-refractivity contribution in [2.45, 2.75) is 36.5 Å². The molecule has 204 valence electrons. The summed E-state index contributed by atoms with van der Waals surface area (Å²) in [6.07, 6.45) is 0. The van der Waals surface area contributed by atoms with Crippen molar-refractivity contribution in [3.63, 3.8) is 0 Å². The molecule has 4 amide bonds. The van der Waals surface area contributed by atoms with Crippen LogP contribution in [0.1, 0.15) is 90.9 Å². The summed E-state index contributed by atoms with van der Waals surface area (Å²) in [6, 6.07) is 27.4. The Kier molecular flexibility index (Phi) is 4.26. The Morgan fingerprint density at radius 2 is 0.905 bits per heavy atom. The van der Waals surface area contributed by atoms with Crippen LogP contribution >= 0.6 is 0 Å². The summed E-state index contributed by atoms with van der Waals surface area (Å²) in [5.74, 6) is -1.94. The number of hydrogen-bond acceptors (Lipinski definition) is 4. The SMILES string of the molecule is CCN1C(=O)c2cccc3c2[C@]2(C1=O)c1ccccc1[C@H]3[C@H]1c3ccccc3[C@@]23C(=O)N(CC)C(=O)c2cccc1c23. The van der Waals surface area contributed by atoms with Crippen molar-refractivity contribution in [3.8, 4) is 0 Å². The highest BCUT2D eigenvalue weighted by atomic mass is 16.2. The van der Waals surface area contributed by atoms with Crippen LogP contribution in [0.2, 0.25) is 0 Å². The van der Waals surface area contributed by atoms with Crippen molar-refractivity contribution in [2.24, 2.45) is 0 Å². The third kappa shape index (κ3) is 2.15. The quantitative estimate of drug-likeness (QED) is 0.334. The molecule has 0 radical (unpaired) electrons. The molecular weight excluding hydrogens is 524 g/mol. The van der Waals surface area contributed by atoms with Crippen LogP contribution in [0.25, 0.3) is 0 Å². The largest absolute Gasteiger partial charge is 0.278 e. The average molecular weight is 551 g/mol. The van der Waals surface area contributed by atoms with E-state index in [1.165, 1.54) is 9.80 Å². The van der Waals surface area contributed by atoms with Gasteiger partial charge in [0.1, 0.15) is 10.8 Å². The van der Waals surface area contributed by atoms with E-state index in [1.54, 1.807) is 26.0 Å². The Hall–Kier alpha value is -4.84. The molecule has 4 bridgehead atoms. The molecule has 42 heavy (non-hydrogen) atoms. The average Bonchev–Trinajstić information content (AvgIpc) is 3.01. The number of rotatable bonds is 2. The molecule has 2 aliphatic heterocycles.